The molecule has 1 saturated carbocycles. The second kappa shape index (κ2) is 5.24. The van der Waals surface area contributed by atoms with Gasteiger partial charge in [0.1, 0.15) is 5.82 Å². The number of nitrogens with zero attached hydrogens (tertiary/aromatic N) is 1. The van der Waals surface area contributed by atoms with Crippen LogP contribution < -0.4 is 11.5 Å². The van der Waals surface area contributed by atoms with E-state index in [0.717, 1.165) is 25.7 Å². The molecule has 0 saturated heterocycles. The first-order valence-corrected chi connectivity index (χ1v) is 6.61. The van der Waals surface area contributed by atoms with Crippen LogP contribution in [-0.2, 0) is 0 Å². The van der Waals surface area contributed by atoms with Crippen molar-refractivity contribution in [2.75, 3.05) is 5.73 Å². The number of carbonyl (C=O) groups is 1. The highest BCUT2D eigenvalue weighted by Crippen LogP contribution is 2.30. The molecule has 1 aliphatic carbocycles. The average molecular weight is 268 g/mol. The molecule has 0 unspecified atom stereocenters. The van der Waals surface area contributed by atoms with Crippen molar-refractivity contribution in [1.82, 2.24) is 4.98 Å². The predicted molar refractivity (Wildman–Crippen MR) is 72.6 cm³/mol. The van der Waals surface area contributed by atoms with Crippen molar-refractivity contribution < 1.29 is 4.79 Å². The largest absolute Gasteiger partial charge is 0.383 e. The molecule has 0 radical (unpaired) electrons. The Morgan fingerprint density at radius 2 is 2.06 bits per heavy atom. The number of aromatic nitrogens is 1. The number of Topliss-reactive ketones (excluding diaryl/α,β-unsaturated/α-hetero) is 1. The van der Waals surface area contributed by atoms with Gasteiger partial charge in [-0.1, -0.05) is 30.9 Å². The van der Waals surface area contributed by atoms with Crippen molar-refractivity contribution >= 4 is 23.2 Å². The first kappa shape index (κ1) is 13.3. The van der Waals surface area contributed by atoms with E-state index in [9.17, 15) is 4.79 Å². The Labute approximate surface area is 112 Å². The summed E-state index contributed by atoms with van der Waals surface area (Å²) < 4.78 is 0. The van der Waals surface area contributed by atoms with Crippen LogP contribution in [0.3, 0.4) is 0 Å². The van der Waals surface area contributed by atoms with Crippen LogP contribution in [0.1, 0.15) is 48.9 Å². The van der Waals surface area contributed by atoms with Gasteiger partial charge in [-0.2, -0.15) is 0 Å². The van der Waals surface area contributed by atoms with E-state index in [1.807, 2.05) is 0 Å². The van der Waals surface area contributed by atoms with Gasteiger partial charge in [-0.05, 0) is 18.9 Å². The van der Waals surface area contributed by atoms with E-state index < -0.39 is 0 Å². The smallest absolute Gasteiger partial charge is 0.168 e. The van der Waals surface area contributed by atoms with Gasteiger partial charge >= 0.3 is 0 Å². The first-order valence-electron chi connectivity index (χ1n) is 6.23. The lowest BCUT2D eigenvalue weighted by atomic mass is 9.78. The van der Waals surface area contributed by atoms with E-state index in [1.54, 1.807) is 6.07 Å². The van der Waals surface area contributed by atoms with E-state index in [2.05, 4.69) is 4.98 Å². The number of rotatable bonds is 3. The molecule has 0 atom stereocenters. The summed E-state index contributed by atoms with van der Waals surface area (Å²) >= 11 is 5.84. The molecule has 1 fully saturated rings. The van der Waals surface area contributed by atoms with Gasteiger partial charge in [0.15, 0.2) is 5.78 Å². The summed E-state index contributed by atoms with van der Waals surface area (Å²) in [5, 5.41) is 0.419. The summed E-state index contributed by atoms with van der Waals surface area (Å²) in [6.45, 7) is 0. The van der Waals surface area contributed by atoms with Crippen molar-refractivity contribution in [3.63, 3.8) is 0 Å². The van der Waals surface area contributed by atoms with Crippen LogP contribution in [0.25, 0.3) is 0 Å². The molecule has 1 aromatic heterocycles. The minimum atomic E-state index is -0.385. The monoisotopic (exact) mass is 267 g/mol. The van der Waals surface area contributed by atoms with E-state index in [0.29, 0.717) is 17.0 Å². The fourth-order valence-electron chi connectivity index (χ4n) is 2.52. The van der Waals surface area contributed by atoms with Gasteiger partial charge in [0.05, 0.1) is 10.6 Å². The van der Waals surface area contributed by atoms with Crippen molar-refractivity contribution in [3.05, 3.63) is 22.8 Å². The number of anilines is 1. The van der Waals surface area contributed by atoms with Crippen LogP contribution in [0.2, 0.25) is 5.02 Å². The molecule has 1 aliphatic rings. The van der Waals surface area contributed by atoms with Gasteiger partial charge in [0, 0.05) is 18.2 Å². The molecule has 0 aliphatic heterocycles. The Bertz CT molecular complexity index is 456. The zero-order chi connectivity index (χ0) is 13.2. The molecule has 4 N–H and O–H groups in total. The van der Waals surface area contributed by atoms with Crippen LogP contribution in [0, 0.1) is 0 Å². The summed E-state index contributed by atoms with van der Waals surface area (Å²) in [5.74, 6) is 0.163. The summed E-state index contributed by atoms with van der Waals surface area (Å²) in [6.07, 6.45) is 6.93. The number of carbonyl (C=O) groups excluding carboxylic acids is 1. The van der Waals surface area contributed by atoms with Gasteiger partial charge in [0.2, 0.25) is 0 Å². The van der Waals surface area contributed by atoms with E-state index >= 15 is 0 Å². The maximum Gasteiger partial charge on any atom is 0.168 e. The summed E-state index contributed by atoms with van der Waals surface area (Å²) in [4.78, 5) is 16.1. The van der Waals surface area contributed by atoms with Gasteiger partial charge in [-0.15, -0.1) is 0 Å². The summed E-state index contributed by atoms with van der Waals surface area (Å²) in [5.41, 5.74) is 12.0. The third-order valence-electron chi connectivity index (χ3n) is 3.55. The Kier molecular flexibility index (Phi) is 3.88. The molecule has 2 rings (SSSR count). The van der Waals surface area contributed by atoms with Crippen molar-refractivity contribution in [2.24, 2.45) is 5.73 Å². The van der Waals surface area contributed by atoms with E-state index in [1.165, 1.54) is 12.6 Å². The van der Waals surface area contributed by atoms with E-state index in [-0.39, 0.29) is 17.1 Å². The lowest BCUT2D eigenvalue weighted by molar-refractivity contribution is 0.0935. The van der Waals surface area contributed by atoms with Crippen LogP contribution in [-0.4, -0.2) is 16.3 Å². The Hall–Kier alpha value is -1.13. The maximum atomic E-state index is 12.2. The normalized spacial score (nSPS) is 18.6. The standard InChI is InChI=1S/C13H18ClN3O/c14-9-6-10(12(15)17-8-9)11(18)7-13(16)4-2-1-3-5-13/h6,8H,1-5,7,16H2,(H2,15,17). The van der Waals surface area contributed by atoms with Crippen LogP contribution in [0.5, 0.6) is 0 Å². The van der Waals surface area contributed by atoms with Crippen molar-refractivity contribution in [3.8, 4) is 0 Å². The number of hydrogen-bond acceptors (Lipinski definition) is 4. The highest BCUT2D eigenvalue weighted by molar-refractivity contribution is 6.31. The molecule has 0 amide bonds. The third kappa shape index (κ3) is 3.00. The lowest BCUT2D eigenvalue weighted by Gasteiger charge is -2.32. The second-order valence-electron chi connectivity index (χ2n) is 5.11. The van der Waals surface area contributed by atoms with Gasteiger partial charge in [-0.25, -0.2) is 4.98 Å². The fraction of sp³-hybridized carbons (Fsp3) is 0.538. The Morgan fingerprint density at radius 3 is 2.72 bits per heavy atom. The number of nitrogens with two attached hydrogens (primary N) is 2. The molecule has 0 spiro atoms. The number of ketones is 1. The van der Waals surface area contributed by atoms with Crippen LogP contribution >= 0.6 is 11.6 Å². The number of hydrogen-bond donors (Lipinski definition) is 2. The second-order valence-corrected chi connectivity index (χ2v) is 5.55. The molecule has 0 aromatic carbocycles. The van der Waals surface area contributed by atoms with Gasteiger partial charge in [0.25, 0.3) is 0 Å². The minimum Gasteiger partial charge on any atom is -0.383 e. The average Bonchev–Trinajstić information content (AvgIpc) is 2.32. The Morgan fingerprint density at radius 1 is 1.39 bits per heavy atom. The number of halogens is 1. The quantitative estimate of drug-likeness (QED) is 0.825. The van der Waals surface area contributed by atoms with Crippen molar-refractivity contribution in [2.45, 2.75) is 44.1 Å². The van der Waals surface area contributed by atoms with E-state index in [4.69, 9.17) is 23.1 Å². The molecule has 4 nitrogen and oxygen atoms in total. The lowest BCUT2D eigenvalue weighted by Crippen LogP contribution is -2.43. The molecule has 5 heteroatoms. The topological polar surface area (TPSA) is 82.0 Å². The highest BCUT2D eigenvalue weighted by Gasteiger charge is 2.31. The maximum absolute atomic E-state index is 12.2. The molecule has 1 heterocycles. The zero-order valence-electron chi connectivity index (χ0n) is 10.3. The first-order chi connectivity index (χ1) is 8.50. The van der Waals surface area contributed by atoms with Gasteiger partial charge < -0.3 is 11.5 Å². The van der Waals surface area contributed by atoms with Gasteiger partial charge in [-0.3, -0.25) is 4.79 Å². The number of nitrogen functional groups attached to an aromatic ring is 1. The molecule has 18 heavy (non-hydrogen) atoms. The molecular formula is C13H18ClN3O. The summed E-state index contributed by atoms with van der Waals surface area (Å²) in [6, 6.07) is 1.57. The molecule has 1 aromatic rings. The van der Waals surface area contributed by atoms with Crippen LogP contribution in [0.15, 0.2) is 12.3 Å². The Balaban J connectivity index is 2.14. The molecule has 0 bridgehead atoms. The highest BCUT2D eigenvalue weighted by atomic mass is 35.5. The van der Waals surface area contributed by atoms with Crippen LogP contribution in [0.4, 0.5) is 5.82 Å². The zero-order valence-corrected chi connectivity index (χ0v) is 11.0. The molecular weight excluding hydrogens is 250 g/mol. The summed E-state index contributed by atoms with van der Waals surface area (Å²) in [7, 11) is 0. The SMILES string of the molecule is Nc1ncc(Cl)cc1C(=O)CC1(N)CCCCC1. The van der Waals surface area contributed by atoms with Crippen molar-refractivity contribution in [1.29, 1.82) is 0 Å². The molecule has 98 valence electrons. The fourth-order valence-corrected chi connectivity index (χ4v) is 2.68. The predicted octanol–water partition coefficient (Wildman–Crippen LogP) is 2.55. The third-order valence-corrected chi connectivity index (χ3v) is 3.75. The minimum absolute atomic E-state index is 0.0631. The number of pyridine rings is 1.